The number of carbonyl (C=O) groups excluding carboxylic acids is 1. The SMILES string of the molecule is CS(=O)(=O)CCNC(=O)c1cccc2c(C3(c4ccc(C5=CI=C=C(N)N=C5)cc4)CCC3)c[nH]c12. The minimum Gasteiger partial charge on any atom is -0.377 e. The number of aromatic amines is 1. The van der Waals surface area contributed by atoms with Gasteiger partial charge < -0.3 is 16.0 Å². The summed E-state index contributed by atoms with van der Waals surface area (Å²) in [6, 6.07) is 14.4. The summed E-state index contributed by atoms with van der Waals surface area (Å²) in [4.78, 5) is 20.4. The van der Waals surface area contributed by atoms with Crippen LogP contribution < -0.4 is 11.1 Å². The van der Waals surface area contributed by atoms with Gasteiger partial charge in [0, 0.05) is 41.6 Å². The van der Waals surface area contributed by atoms with E-state index in [0.717, 1.165) is 47.6 Å². The quantitative estimate of drug-likeness (QED) is 0.349. The van der Waals surface area contributed by atoms with Crippen LogP contribution in [-0.4, -0.2) is 47.7 Å². The average molecular weight is 615 g/mol. The average Bonchev–Trinajstić information content (AvgIpc) is 3.12. The van der Waals surface area contributed by atoms with Crippen LogP contribution in [0.15, 0.2) is 63.6 Å². The van der Waals surface area contributed by atoms with Crippen LogP contribution in [0.25, 0.3) is 16.5 Å². The number of carbonyl (C=O) groups is 1. The highest BCUT2D eigenvalue weighted by Crippen LogP contribution is 2.51. The Bertz CT molecular complexity index is 1570. The number of hydrogen-bond donors (Lipinski definition) is 3. The molecule has 186 valence electrons. The molecule has 1 aliphatic heterocycles. The maximum absolute atomic E-state index is 12.8. The third-order valence-electron chi connectivity index (χ3n) is 6.88. The van der Waals surface area contributed by atoms with Gasteiger partial charge in [0.05, 0.1) is 16.8 Å². The van der Waals surface area contributed by atoms with Gasteiger partial charge in [-0.25, -0.2) is 13.4 Å². The number of allylic oxidation sites excluding steroid dienone is 1. The smallest absolute Gasteiger partial charge is 0.253 e. The Labute approximate surface area is 220 Å². The lowest BCUT2D eigenvalue weighted by Gasteiger charge is -2.43. The molecule has 1 aromatic heterocycles. The normalized spacial score (nSPS) is 16.9. The van der Waals surface area contributed by atoms with Crippen LogP contribution in [0, 0.1) is 0 Å². The van der Waals surface area contributed by atoms with E-state index in [1.807, 2.05) is 24.5 Å². The summed E-state index contributed by atoms with van der Waals surface area (Å²) >= 11 is -0.377. The molecule has 1 fully saturated rings. The number of para-hydroxylation sites is 1. The minimum atomic E-state index is -3.14. The molecule has 1 amide bonds. The van der Waals surface area contributed by atoms with Gasteiger partial charge in [-0.3, -0.25) is 4.79 Å². The third-order valence-corrected chi connectivity index (χ3v) is 9.67. The van der Waals surface area contributed by atoms with E-state index in [2.05, 4.69) is 47.3 Å². The van der Waals surface area contributed by atoms with E-state index in [9.17, 15) is 13.2 Å². The molecule has 7 nitrogen and oxygen atoms in total. The zero-order chi connectivity index (χ0) is 25.3. The topological polar surface area (TPSA) is 117 Å². The van der Waals surface area contributed by atoms with Crippen molar-refractivity contribution in [1.82, 2.24) is 10.3 Å². The number of sulfone groups is 1. The molecular weight excluding hydrogens is 587 g/mol. The Balaban J connectivity index is 1.44. The van der Waals surface area contributed by atoms with E-state index in [-0.39, 0.29) is 44.4 Å². The second-order valence-electron chi connectivity index (χ2n) is 9.24. The fourth-order valence-electron chi connectivity index (χ4n) is 4.88. The molecule has 0 saturated heterocycles. The predicted molar refractivity (Wildman–Crippen MR) is 155 cm³/mol. The van der Waals surface area contributed by atoms with E-state index < -0.39 is 9.84 Å². The van der Waals surface area contributed by atoms with Gasteiger partial charge in [0.25, 0.3) is 5.91 Å². The first-order valence-electron chi connectivity index (χ1n) is 11.7. The second kappa shape index (κ2) is 9.80. The van der Waals surface area contributed by atoms with E-state index in [1.165, 1.54) is 11.1 Å². The van der Waals surface area contributed by atoms with Crippen molar-refractivity contribution in [2.24, 2.45) is 10.7 Å². The van der Waals surface area contributed by atoms with Gasteiger partial charge in [0.2, 0.25) is 0 Å². The van der Waals surface area contributed by atoms with Crippen LogP contribution in [-0.2, 0) is 15.3 Å². The summed E-state index contributed by atoms with van der Waals surface area (Å²) in [5, 5.41) is 3.76. The van der Waals surface area contributed by atoms with Crippen molar-refractivity contribution in [3.05, 3.63) is 80.8 Å². The van der Waals surface area contributed by atoms with Gasteiger partial charge in [0.1, 0.15) is 9.84 Å². The predicted octanol–water partition coefficient (Wildman–Crippen LogP) is 4.01. The van der Waals surface area contributed by atoms with Crippen LogP contribution in [0.4, 0.5) is 0 Å². The first-order chi connectivity index (χ1) is 17.3. The van der Waals surface area contributed by atoms with Gasteiger partial charge in [0.15, 0.2) is 5.82 Å². The van der Waals surface area contributed by atoms with E-state index >= 15 is 0 Å². The number of nitrogens with one attached hydrogen (secondary N) is 2. The summed E-state index contributed by atoms with van der Waals surface area (Å²) in [5.41, 5.74) is 11.6. The van der Waals surface area contributed by atoms with Crippen molar-refractivity contribution < 1.29 is 13.2 Å². The molecule has 0 bridgehead atoms. The molecule has 2 aliphatic rings. The van der Waals surface area contributed by atoms with Gasteiger partial charge >= 0.3 is 0 Å². The molecule has 2 aromatic carbocycles. The summed E-state index contributed by atoms with van der Waals surface area (Å²) in [7, 11) is -3.14. The van der Waals surface area contributed by atoms with Crippen LogP contribution in [0.3, 0.4) is 0 Å². The molecule has 36 heavy (non-hydrogen) atoms. The molecule has 4 N–H and O–H groups in total. The zero-order valence-electron chi connectivity index (χ0n) is 19.8. The number of hydrogen-bond acceptors (Lipinski definition) is 5. The molecular formula is C27H27IN4O3S. The number of benzene rings is 2. The van der Waals surface area contributed by atoms with Crippen molar-refractivity contribution in [1.29, 1.82) is 0 Å². The van der Waals surface area contributed by atoms with Crippen molar-refractivity contribution in [3.8, 4) is 0 Å². The van der Waals surface area contributed by atoms with Crippen molar-refractivity contribution in [3.63, 3.8) is 0 Å². The van der Waals surface area contributed by atoms with Crippen molar-refractivity contribution in [2.75, 3.05) is 18.6 Å². The second-order valence-corrected chi connectivity index (χ2v) is 13.3. The number of halogens is 1. The van der Waals surface area contributed by atoms with Crippen molar-refractivity contribution in [2.45, 2.75) is 24.7 Å². The fourth-order valence-corrected chi connectivity index (χ4v) is 6.82. The molecule has 1 saturated carbocycles. The van der Waals surface area contributed by atoms with E-state index in [1.54, 1.807) is 6.07 Å². The molecule has 0 atom stereocenters. The van der Waals surface area contributed by atoms with Crippen LogP contribution in [0.5, 0.6) is 0 Å². The molecule has 1 aliphatic carbocycles. The summed E-state index contributed by atoms with van der Waals surface area (Å²) < 4.78 is 28.1. The highest BCUT2D eigenvalue weighted by Gasteiger charge is 2.42. The largest absolute Gasteiger partial charge is 0.377 e. The Kier molecular flexibility index (Phi) is 6.72. The zero-order valence-corrected chi connectivity index (χ0v) is 22.8. The maximum Gasteiger partial charge on any atom is 0.253 e. The number of aliphatic imine (C=N–C) groups is 1. The first kappa shape index (κ1) is 24.7. The Morgan fingerprint density at radius 1 is 1.22 bits per heavy atom. The summed E-state index contributed by atoms with van der Waals surface area (Å²) in [6.07, 6.45) is 8.22. The Hall–Kier alpha value is -3.01. The summed E-state index contributed by atoms with van der Waals surface area (Å²) in [5.74, 6) is 0.0937. The molecule has 0 radical (unpaired) electrons. The highest BCUT2D eigenvalue weighted by molar-refractivity contribution is 14.2. The maximum atomic E-state index is 12.8. The monoisotopic (exact) mass is 614 g/mol. The highest BCUT2D eigenvalue weighted by atomic mass is 127. The molecule has 3 aromatic rings. The number of H-pyrrole nitrogens is 1. The number of nitrogens with two attached hydrogens (primary N) is 1. The molecule has 2 heterocycles. The first-order valence-corrected chi connectivity index (χ1v) is 16.1. The molecule has 0 unspecified atom stereocenters. The minimum absolute atomic E-state index is 0.0850. The number of aromatic nitrogens is 1. The number of amides is 1. The van der Waals surface area contributed by atoms with Crippen molar-refractivity contribution >= 4 is 62.8 Å². The van der Waals surface area contributed by atoms with Gasteiger partial charge in [-0.15, -0.1) is 0 Å². The number of fused-ring (bicyclic) bond motifs is 1. The van der Waals surface area contributed by atoms with Gasteiger partial charge in [-0.2, -0.15) is 0 Å². The van der Waals surface area contributed by atoms with Crippen LogP contribution >= 0.6 is 20.7 Å². The number of nitrogens with zero attached hydrogens (tertiary/aromatic N) is 1. The Morgan fingerprint density at radius 2 is 2.00 bits per heavy atom. The van der Waals surface area contributed by atoms with E-state index in [0.29, 0.717) is 11.4 Å². The fraction of sp³-hybridized carbons (Fsp3) is 0.259. The lowest BCUT2D eigenvalue weighted by molar-refractivity contribution is 0.0957. The summed E-state index contributed by atoms with van der Waals surface area (Å²) in [6.45, 7) is 0.0850. The molecule has 9 heteroatoms. The van der Waals surface area contributed by atoms with Crippen LogP contribution in [0.2, 0.25) is 0 Å². The van der Waals surface area contributed by atoms with Crippen LogP contribution in [0.1, 0.15) is 46.3 Å². The third kappa shape index (κ3) is 4.83. The lowest BCUT2D eigenvalue weighted by Crippen LogP contribution is -2.35. The molecule has 0 spiro atoms. The van der Waals surface area contributed by atoms with Gasteiger partial charge in [-0.05, 0) is 64.1 Å². The van der Waals surface area contributed by atoms with E-state index in [4.69, 9.17) is 5.73 Å². The van der Waals surface area contributed by atoms with Gasteiger partial charge in [-0.1, -0.05) is 42.8 Å². The number of rotatable bonds is 7. The standard InChI is InChI=1S/C27H27IN4O3S/c1-36(34,35)13-12-30-26(33)22-5-2-4-21-23(17-32-25(21)22)27(10-3-11-27)20-8-6-18(7-9-20)19-14-28-15-24(29)31-16-19/h2,4-9,14,16-17,32H,3,10-13,29H2,1H3,(H,30,33). The molecule has 5 rings (SSSR count). The Morgan fingerprint density at radius 3 is 2.69 bits per heavy atom. The lowest BCUT2D eigenvalue weighted by atomic mass is 9.60.